The first-order valence-corrected chi connectivity index (χ1v) is 6.32. The number of rotatable bonds is 4. The van der Waals surface area contributed by atoms with Gasteiger partial charge in [0.1, 0.15) is 5.75 Å². The smallest absolute Gasteiger partial charge is 0.377 e. The number of methoxy groups -OCH3 is 1. The molecule has 1 aromatic rings. The molecule has 1 N–H and O–H groups in total. The van der Waals surface area contributed by atoms with E-state index >= 15 is 0 Å². The molecule has 0 fully saturated rings. The summed E-state index contributed by atoms with van der Waals surface area (Å²) in [6.07, 6.45) is 1.00. The number of ether oxygens (including phenoxy) is 1. The molecule has 0 radical (unpaired) electrons. The Kier molecular flexibility index (Phi) is 3.52. The molecule has 0 spiro atoms. The van der Waals surface area contributed by atoms with Gasteiger partial charge in [-0.1, -0.05) is 0 Å². The van der Waals surface area contributed by atoms with Crippen molar-refractivity contribution in [3.8, 4) is 5.75 Å². The maximum atomic E-state index is 11.3. The van der Waals surface area contributed by atoms with Crippen LogP contribution in [0.25, 0.3) is 0 Å². The molecular formula is C10H10O6S. The molecule has 7 heteroatoms. The molecule has 0 saturated carbocycles. The average molecular weight is 258 g/mol. The van der Waals surface area contributed by atoms with Gasteiger partial charge in [0.15, 0.2) is 9.84 Å². The number of carbonyl (C=O) groups excluding carboxylic acids is 1. The van der Waals surface area contributed by atoms with Gasteiger partial charge in [-0.15, -0.1) is 0 Å². The van der Waals surface area contributed by atoms with Crippen LogP contribution in [0.1, 0.15) is 10.4 Å². The first-order chi connectivity index (χ1) is 7.77. The van der Waals surface area contributed by atoms with Gasteiger partial charge >= 0.3 is 5.97 Å². The summed E-state index contributed by atoms with van der Waals surface area (Å²) in [4.78, 5) is 21.7. The van der Waals surface area contributed by atoms with E-state index in [4.69, 9.17) is 9.84 Å². The predicted octanol–water partition coefficient (Wildman–Crippen LogP) is 0.366. The summed E-state index contributed by atoms with van der Waals surface area (Å²) in [5.74, 6) is -2.86. The van der Waals surface area contributed by atoms with Crippen molar-refractivity contribution >= 4 is 21.6 Å². The summed E-state index contributed by atoms with van der Waals surface area (Å²) in [5, 5.41) is 8.56. The van der Waals surface area contributed by atoms with E-state index < -0.39 is 21.6 Å². The van der Waals surface area contributed by atoms with Crippen molar-refractivity contribution in [1.29, 1.82) is 0 Å². The number of hydrogen-bond acceptors (Lipinski definition) is 5. The number of ketones is 1. The predicted molar refractivity (Wildman–Crippen MR) is 58.1 cm³/mol. The fourth-order valence-electron chi connectivity index (χ4n) is 1.20. The lowest BCUT2D eigenvalue weighted by Crippen LogP contribution is -2.14. The maximum Gasteiger partial charge on any atom is 0.377 e. The Morgan fingerprint density at radius 3 is 2.29 bits per heavy atom. The minimum Gasteiger partial charge on any atom is -0.496 e. The highest BCUT2D eigenvalue weighted by molar-refractivity contribution is 7.90. The zero-order valence-electron chi connectivity index (χ0n) is 9.13. The molecule has 1 rings (SSSR count). The number of carbonyl (C=O) groups is 2. The maximum absolute atomic E-state index is 11.3. The van der Waals surface area contributed by atoms with Gasteiger partial charge in [0.25, 0.3) is 5.78 Å². The van der Waals surface area contributed by atoms with Crippen molar-refractivity contribution in [3.63, 3.8) is 0 Å². The van der Waals surface area contributed by atoms with Gasteiger partial charge in [-0.2, -0.15) is 0 Å². The first-order valence-electron chi connectivity index (χ1n) is 4.43. The minimum atomic E-state index is -3.44. The van der Waals surface area contributed by atoms with Crippen LogP contribution in [0.4, 0.5) is 0 Å². The van der Waals surface area contributed by atoms with Crippen LogP contribution in [-0.2, 0) is 14.6 Å². The second kappa shape index (κ2) is 4.54. The third kappa shape index (κ3) is 2.82. The Morgan fingerprint density at radius 1 is 1.29 bits per heavy atom. The molecule has 17 heavy (non-hydrogen) atoms. The fourth-order valence-corrected chi connectivity index (χ4v) is 1.84. The molecule has 0 atom stereocenters. The molecule has 0 amide bonds. The van der Waals surface area contributed by atoms with E-state index in [0.717, 1.165) is 24.5 Å². The number of carboxylic acid groups (broad SMARTS) is 1. The lowest BCUT2D eigenvalue weighted by atomic mass is 10.1. The Bertz CT molecular complexity index is 572. The Morgan fingerprint density at radius 2 is 1.88 bits per heavy atom. The van der Waals surface area contributed by atoms with Crippen molar-refractivity contribution in [2.45, 2.75) is 4.90 Å². The van der Waals surface area contributed by atoms with Crippen LogP contribution in [0.2, 0.25) is 0 Å². The summed E-state index contributed by atoms with van der Waals surface area (Å²) >= 11 is 0. The van der Waals surface area contributed by atoms with Crippen molar-refractivity contribution in [1.82, 2.24) is 0 Å². The number of hydrogen-bond donors (Lipinski definition) is 1. The topological polar surface area (TPSA) is 97.7 Å². The van der Waals surface area contributed by atoms with Crippen molar-refractivity contribution in [2.75, 3.05) is 13.4 Å². The molecule has 0 saturated heterocycles. The molecule has 0 aromatic heterocycles. The van der Waals surface area contributed by atoms with E-state index in [1.54, 1.807) is 0 Å². The molecular weight excluding hydrogens is 248 g/mol. The molecule has 6 nitrogen and oxygen atoms in total. The summed E-state index contributed by atoms with van der Waals surface area (Å²) in [7, 11) is -2.21. The summed E-state index contributed by atoms with van der Waals surface area (Å²) < 4.78 is 27.3. The van der Waals surface area contributed by atoms with Gasteiger partial charge in [0.05, 0.1) is 17.6 Å². The summed E-state index contributed by atoms with van der Waals surface area (Å²) in [5.41, 5.74) is -0.188. The Labute approximate surface area is 97.7 Å². The van der Waals surface area contributed by atoms with Gasteiger partial charge in [0, 0.05) is 6.26 Å². The Balaban J connectivity index is 3.38. The fraction of sp³-hybridized carbons (Fsp3) is 0.200. The number of benzene rings is 1. The van der Waals surface area contributed by atoms with E-state index in [-0.39, 0.29) is 16.2 Å². The second-order valence-electron chi connectivity index (χ2n) is 3.27. The number of carboxylic acids is 1. The highest BCUT2D eigenvalue weighted by Gasteiger charge is 2.21. The normalized spacial score (nSPS) is 10.9. The summed E-state index contributed by atoms with van der Waals surface area (Å²) in [6.45, 7) is 0. The standard InChI is InChI=1S/C10H10O6S/c1-16-8-5-6(17(2,14)15)3-4-7(8)9(11)10(12)13/h3-5H,1-2H3,(H,12,13). The van der Waals surface area contributed by atoms with Crippen LogP contribution in [0.5, 0.6) is 5.75 Å². The van der Waals surface area contributed by atoms with Crippen molar-refractivity contribution < 1.29 is 27.9 Å². The molecule has 0 aliphatic rings. The van der Waals surface area contributed by atoms with Crippen LogP contribution >= 0.6 is 0 Å². The monoisotopic (exact) mass is 258 g/mol. The number of Topliss-reactive ketones (excluding diaryl/α,β-unsaturated/α-hetero) is 1. The number of sulfone groups is 1. The van der Waals surface area contributed by atoms with E-state index in [2.05, 4.69) is 0 Å². The van der Waals surface area contributed by atoms with Crippen LogP contribution in [0.15, 0.2) is 23.1 Å². The summed E-state index contributed by atoms with van der Waals surface area (Å²) in [6, 6.07) is 3.39. The molecule has 1 aromatic carbocycles. The second-order valence-corrected chi connectivity index (χ2v) is 5.28. The van der Waals surface area contributed by atoms with Crippen molar-refractivity contribution in [3.05, 3.63) is 23.8 Å². The van der Waals surface area contributed by atoms with Gasteiger partial charge in [-0.05, 0) is 18.2 Å². The molecule has 0 aliphatic carbocycles. The highest BCUT2D eigenvalue weighted by atomic mass is 32.2. The third-order valence-corrected chi connectivity index (χ3v) is 3.15. The average Bonchev–Trinajstić information content (AvgIpc) is 2.25. The van der Waals surface area contributed by atoms with Crippen LogP contribution in [-0.4, -0.2) is 38.6 Å². The van der Waals surface area contributed by atoms with E-state index in [1.165, 1.54) is 7.11 Å². The van der Waals surface area contributed by atoms with E-state index in [0.29, 0.717) is 0 Å². The first kappa shape index (κ1) is 13.2. The highest BCUT2D eigenvalue weighted by Crippen LogP contribution is 2.23. The quantitative estimate of drug-likeness (QED) is 0.618. The van der Waals surface area contributed by atoms with Crippen LogP contribution in [0.3, 0.4) is 0 Å². The van der Waals surface area contributed by atoms with Crippen molar-refractivity contribution in [2.24, 2.45) is 0 Å². The largest absolute Gasteiger partial charge is 0.496 e. The third-order valence-electron chi connectivity index (χ3n) is 2.04. The minimum absolute atomic E-state index is 0.0451. The zero-order valence-corrected chi connectivity index (χ0v) is 9.95. The lowest BCUT2D eigenvalue weighted by molar-refractivity contribution is -0.131. The molecule has 0 aliphatic heterocycles. The zero-order chi connectivity index (χ0) is 13.2. The SMILES string of the molecule is COc1cc(S(C)(=O)=O)ccc1C(=O)C(=O)O. The van der Waals surface area contributed by atoms with Gasteiger partial charge in [-0.3, -0.25) is 4.79 Å². The van der Waals surface area contributed by atoms with Gasteiger partial charge in [0.2, 0.25) is 0 Å². The van der Waals surface area contributed by atoms with Gasteiger partial charge < -0.3 is 9.84 Å². The molecule has 0 heterocycles. The number of aliphatic carboxylic acids is 1. The van der Waals surface area contributed by atoms with E-state index in [9.17, 15) is 18.0 Å². The molecule has 92 valence electrons. The molecule has 0 bridgehead atoms. The lowest BCUT2D eigenvalue weighted by Gasteiger charge is -2.07. The van der Waals surface area contributed by atoms with Crippen LogP contribution in [0, 0.1) is 0 Å². The van der Waals surface area contributed by atoms with Gasteiger partial charge in [-0.25, -0.2) is 13.2 Å². The Hall–Kier alpha value is -1.89. The van der Waals surface area contributed by atoms with E-state index in [1.807, 2.05) is 0 Å². The molecule has 0 unspecified atom stereocenters. The van der Waals surface area contributed by atoms with Crippen LogP contribution < -0.4 is 4.74 Å².